The SMILES string of the molecule is FC(F)(F)Oc1cccc(OCC2CCNC2)c1. The Morgan fingerprint density at radius 1 is 1.28 bits per heavy atom. The van der Waals surface area contributed by atoms with Crippen LogP contribution in [0.15, 0.2) is 24.3 Å². The van der Waals surface area contributed by atoms with E-state index in [0.29, 0.717) is 18.3 Å². The number of rotatable bonds is 4. The summed E-state index contributed by atoms with van der Waals surface area (Å²) in [4.78, 5) is 0. The van der Waals surface area contributed by atoms with E-state index in [-0.39, 0.29) is 5.75 Å². The van der Waals surface area contributed by atoms with Gasteiger partial charge in [0, 0.05) is 18.5 Å². The molecule has 1 unspecified atom stereocenters. The van der Waals surface area contributed by atoms with E-state index in [2.05, 4.69) is 10.1 Å². The molecular weight excluding hydrogens is 247 g/mol. The van der Waals surface area contributed by atoms with Crippen molar-refractivity contribution in [2.24, 2.45) is 5.92 Å². The molecule has 1 aliphatic heterocycles. The highest BCUT2D eigenvalue weighted by atomic mass is 19.4. The number of nitrogens with one attached hydrogen (secondary N) is 1. The summed E-state index contributed by atoms with van der Waals surface area (Å²) in [6, 6.07) is 5.59. The second kappa shape index (κ2) is 5.48. The second-order valence-corrected chi connectivity index (χ2v) is 4.19. The fraction of sp³-hybridized carbons (Fsp3) is 0.500. The molecule has 0 aliphatic carbocycles. The Kier molecular flexibility index (Phi) is 3.96. The molecule has 1 heterocycles. The maximum atomic E-state index is 12.0. The van der Waals surface area contributed by atoms with Gasteiger partial charge in [-0.1, -0.05) is 6.07 Å². The van der Waals surface area contributed by atoms with Crippen LogP contribution in [-0.2, 0) is 0 Å². The molecule has 0 amide bonds. The van der Waals surface area contributed by atoms with E-state index in [1.54, 1.807) is 6.07 Å². The molecular formula is C12H14F3NO2. The van der Waals surface area contributed by atoms with Crippen LogP contribution in [0.25, 0.3) is 0 Å². The maximum absolute atomic E-state index is 12.0. The lowest BCUT2D eigenvalue weighted by Gasteiger charge is -2.13. The molecule has 0 radical (unpaired) electrons. The third kappa shape index (κ3) is 4.10. The Morgan fingerprint density at radius 3 is 2.72 bits per heavy atom. The molecule has 0 saturated carbocycles. The fourth-order valence-electron chi connectivity index (χ4n) is 1.83. The van der Waals surface area contributed by atoms with Crippen molar-refractivity contribution >= 4 is 0 Å². The van der Waals surface area contributed by atoms with Crippen LogP contribution in [0, 0.1) is 5.92 Å². The van der Waals surface area contributed by atoms with Gasteiger partial charge in [0.25, 0.3) is 0 Å². The fourth-order valence-corrected chi connectivity index (χ4v) is 1.83. The molecule has 1 aliphatic rings. The summed E-state index contributed by atoms with van der Waals surface area (Å²) in [6.07, 6.45) is -3.65. The molecule has 1 N–H and O–H groups in total. The molecule has 1 aromatic carbocycles. The third-order valence-corrected chi connectivity index (χ3v) is 2.69. The topological polar surface area (TPSA) is 30.5 Å². The lowest BCUT2D eigenvalue weighted by atomic mass is 10.1. The van der Waals surface area contributed by atoms with Crippen molar-refractivity contribution in [3.8, 4) is 11.5 Å². The van der Waals surface area contributed by atoms with Crippen LogP contribution in [0.2, 0.25) is 0 Å². The number of benzene rings is 1. The summed E-state index contributed by atoms with van der Waals surface area (Å²) in [5, 5.41) is 3.20. The van der Waals surface area contributed by atoms with Gasteiger partial charge in [-0.25, -0.2) is 0 Å². The predicted molar refractivity (Wildman–Crippen MR) is 59.6 cm³/mol. The Bertz CT molecular complexity index is 389. The van der Waals surface area contributed by atoms with E-state index in [9.17, 15) is 13.2 Å². The van der Waals surface area contributed by atoms with Gasteiger partial charge in [0.2, 0.25) is 0 Å². The standard InChI is InChI=1S/C12H14F3NO2/c13-12(14,15)18-11-3-1-2-10(6-11)17-8-9-4-5-16-7-9/h1-3,6,9,16H,4-5,7-8H2. The van der Waals surface area contributed by atoms with E-state index < -0.39 is 6.36 Å². The van der Waals surface area contributed by atoms with Gasteiger partial charge >= 0.3 is 6.36 Å². The van der Waals surface area contributed by atoms with Gasteiger partial charge in [-0.15, -0.1) is 13.2 Å². The van der Waals surface area contributed by atoms with Crippen LogP contribution in [0.3, 0.4) is 0 Å². The zero-order valence-electron chi connectivity index (χ0n) is 9.67. The third-order valence-electron chi connectivity index (χ3n) is 2.69. The predicted octanol–water partition coefficient (Wildman–Crippen LogP) is 2.57. The van der Waals surface area contributed by atoms with Crippen LogP contribution in [0.1, 0.15) is 6.42 Å². The van der Waals surface area contributed by atoms with Crippen molar-refractivity contribution in [1.82, 2.24) is 5.32 Å². The molecule has 0 bridgehead atoms. The van der Waals surface area contributed by atoms with Crippen molar-refractivity contribution in [3.63, 3.8) is 0 Å². The molecule has 2 rings (SSSR count). The summed E-state index contributed by atoms with van der Waals surface area (Å²) in [7, 11) is 0. The minimum absolute atomic E-state index is 0.260. The summed E-state index contributed by atoms with van der Waals surface area (Å²) in [6.45, 7) is 2.35. The van der Waals surface area contributed by atoms with E-state index >= 15 is 0 Å². The van der Waals surface area contributed by atoms with Gasteiger partial charge in [0.15, 0.2) is 0 Å². The quantitative estimate of drug-likeness (QED) is 0.903. The highest BCUT2D eigenvalue weighted by molar-refractivity contribution is 5.33. The molecule has 1 saturated heterocycles. The average Bonchev–Trinajstić information content (AvgIpc) is 2.77. The molecule has 1 atom stereocenters. The molecule has 0 spiro atoms. The minimum Gasteiger partial charge on any atom is -0.493 e. The van der Waals surface area contributed by atoms with Crippen LogP contribution < -0.4 is 14.8 Å². The Morgan fingerprint density at radius 2 is 2.06 bits per heavy atom. The molecule has 1 fully saturated rings. The average molecular weight is 261 g/mol. The number of ether oxygens (including phenoxy) is 2. The van der Waals surface area contributed by atoms with Crippen molar-refractivity contribution in [3.05, 3.63) is 24.3 Å². The van der Waals surface area contributed by atoms with E-state index in [4.69, 9.17) is 4.74 Å². The first-order valence-electron chi connectivity index (χ1n) is 5.72. The Hall–Kier alpha value is -1.43. The molecule has 100 valence electrons. The first kappa shape index (κ1) is 13.0. The van der Waals surface area contributed by atoms with Gasteiger partial charge in [0.1, 0.15) is 11.5 Å². The normalized spacial score (nSPS) is 19.8. The lowest BCUT2D eigenvalue weighted by molar-refractivity contribution is -0.274. The van der Waals surface area contributed by atoms with Gasteiger partial charge in [-0.3, -0.25) is 0 Å². The largest absolute Gasteiger partial charge is 0.573 e. The highest BCUT2D eigenvalue weighted by Gasteiger charge is 2.31. The van der Waals surface area contributed by atoms with Crippen molar-refractivity contribution < 1.29 is 22.6 Å². The molecule has 0 aromatic heterocycles. The van der Waals surface area contributed by atoms with Crippen molar-refractivity contribution in [1.29, 1.82) is 0 Å². The molecule has 3 nitrogen and oxygen atoms in total. The molecule has 6 heteroatoms. The summed E-state index contributed by atoms with van der Waals surface area (Å²) < 4.78 is 45.4. The molecule has 1 aromatic rings. The Labute approximate surface area is 103 Å². The van der Waals surface area contributed by atoms with Gasteiger partial charge in [0.05, 0.1) is 6.61 Å². The Balaban J connectivity index is 1.90. The van der Waals surface area contributed by atoms with E-state index in [1.165, 1.54) is 18.2 Å². The van der Waals surface area contributed by atoms with Gasteiger partial charge in [-0.2, -0.15) is 0 Å². The number of alkyl halides is 3. The highest BCUT2D eigenvalue weighted by Crippen LogP contribution is 2.26. The number of halogens is 3. The smallest absolute Gasteiger partial charge is 0.493 e. The monoisotopic (exact) mass is 261 g/mol. The first-order valence-corrected chi connectivity index (χ1v) is 5.72. The minimum atomic E-state index is -4.67. The van der Waals surface area contributed by atoms with Crippen LogP contribution >= 0.6 is 0 Å². The number of hydrogen-bond acceptors (Lipinski definition) is 3. The number of hydrogen-bond donors (Lipinski definition) is 1. The lowest BCUT2D eigenvalue weighted by Crippen LogP contribution is -2.17. The van der Waals surface area contributed by atoms with Gasteiger partial charge < -0.3 is 14.8 Å². The zero-order valence-corrected chi connectivity index (χ0v) is 9.67. The van der Waals surface area contributed by atoms with Gasteiger partial charge in [-0.05, 0) is 25.1 Å². The second-order valence-electron chi connectivity index (χ2n) is 4.19. The van der Waals surface area contributed by atoms with E-state index in [0.717, 1.165) is 19.5 Å². The molecule has 18 heavy (non-hydrogen) atoms. The first-order chi connectivity index (χ1) is 8.53. The van der Waals surface area contributed by atoms with Crippen molar-refractivity contribution in [2.45, 2.75) is 12.8 Å². The summed E-state index contributed by atoms with van der Waals surface area (Å²) >= 11 is 0. The zero-order chi connectivity index (χ0) is 13.0. The maximum Gasteiger partial charge on any atom is 0.573 e. The van der Waals surface area contributed by atoms with Crippen LogP contribution in [0.5, 0.6) is 11.5 Å². The van der Waals surface area contributed by atoms with Crippen LogP contribution in [-0.4, -0.2) is 26.1 Å². The summed E-state index contributed by atoms with van der Waals surface area (Å²) in [5.41, 5.74) is 0. The summed E-state index contributed by atoms with van der Waals surface area (Å²) in [5.74, 6) is 0.547. The van der Waals surface area contributed by atoms with E-state index in [1.807, 2.05) is 0 Å². The van der Waals surface area contributed by atoms with Crippen LogP contribution in [0.4, 0.5) is 13.2 Å². The van der Waals surface area contributed by atoms with Crippen molar-refractivity contribution in [2.75, 3.05) is 19.7 Å².